The van der Waals surface area contributed by atoms with Crippen molar-refractivity contribution in [3.8, 4) is 0 Å². The van der Waals surface area contributed by atoms with Crippen molar-refractivity contribution in [3.63, 3.8) is 0 Å². The fourth-order valence-electron chi connectivity index (χ4n) is 6.87. The molecule has 3 fully saturated rings. The molecule has 0 radical (unpaired) electrons. The smallest absolute Gasteiger partial charge is 0.328 e. The molecule has 0 heterocycles. The minimum Gasteiger partial charge on any atom is -0.478 e. The standard InChI is InChI=1S/C21H30O2/c1-20-10-8-17-16(18(20)11-14(13-20)12-19(22)23)7-6-15-5-3-4-9-21(15,17)2/h6,12,16-18H,3-5,7-11,13H2,1-2H3,(H,22,23)/t16-,17+,18+,20-,21+/m1/s1. The monoisotopic (exact) mass is 314 g/mol. The Balaban J connectivity index is 1.66. The Morgan fingerprint density at radius 2 is 2.09 bits per heavy atom. The van der Waals surface area contributed by atoms with E-state index < -0.39 is 5.97 Å². The fraction of sp³-hybridized carbons (Fsp3) is 0.762. The third kappa shape index (κ3) is 2.32. The second-order valence-corrected chi connectivity index (χ2v) is 9.18. The van der Waals surface area contributed by atoms with E-state index in [0.717, 1.165) is 24.7 Å². The summed E-state index contributed by atoms with van der Waals surface area (Å²) in [5.74, 6) is 1.55. The Labute approximate surface area is 140 Å². The maximum Gasteiger partial charge on any atom is 0.328 e. The van der Waals surface area contributed by atoms with Crippen molar-refractivity contribution >= 4 is 5.97 Å². The molecule has 0 unspecified atom stereocenters. The van der Waals surface area contributed by atoms with Crippen LogP contribution in [0.1, 0.15) is 71.6 Å². The third-order valence-corrected chi connectivity index (χ3v) is 7.98. The molecule has 4 rings (SSSR count). The number of rotatable bonds is 1. The second-order valence-electron chi connectivity index (χ2n) is 9.18. The van der Waals surface area contributed by atoms with Gasteiger partial charge >= 0.3 is 5.97 Å². The van der Waals surface area contributed by atoms with Gasteiger partial charge in [0.15, 0.2) is 0 Å². The second kappa shape index (κ2) is 5.22. The molecule has 126 valence electrons. The Bertz CT molecular complexity index is 587. The lowest BCUT2D eigenvalue weighted by atomic mass is 9.48. The highest BCUT2D eigenvalue weighted by Crippen LogP contribution is 2.65. The van der Waals surface area contributed by atoms with Gasteiger partial charge in [-0.15, -0.1) is 0 Å². The maximum atomic E-state index is 11.1. The molecule has 2 heteroatoms. The zero-order valence-electron chi connectivity index (χ0n) is 14.6. The summed E-state index contributed by atoms with van der Waals surface area (Å²) in [6.45, 7) is 4.97. The van der Waals surface area contributed by atoms with Gasteiger partial charge in [-0.05, 0) is 80.0 Å². The summed E-state index contributed by atoms with van der Waals surface area (Å²) < 4.78 is 0. The molecule has 0 aromatic carbocycles. The minimum absolute atomic E-state index is 0.346. The predicted octanol–water partition coefficient (Wildman–Crippen LogP) is 5.35. The van der Waals surface area contributed by atoms with Gasteiger partial charge in [-0.2, -0.15) is 0 Å². The molecule has 0 aromatic heterocycles. The van der Waals surface area contributed by atoms with E-state index in [1.165, 1.54) is 56.6 Å². The third-order valence-electron chi connectivity index (χ3n) is 7.98. The van der Waals surface area contributed by atoms with Crippen LogP contribution in [-0.4, -0.2) is 11.1 Å². The number of fused-ring (bicyclic) bond motifs is 5. The highest BCUT2D eigenvalue weighted by atomic mass is 16.4. The highest BCUT2D eigenvalue weighted by Gasteiger charge is 2.56. The van der Waals surface area contributed by atoms with E-state index in [2.05, 4.69) is 19.9 Å². The van der Waals surface area contributed by atoms with Crippen molar-refractivity contribution in [2.75, 3.05) is 0 Å². The minimum atomic E-state index is -0.760. The highest BCUT2D eigenvalue weighted by molar-refractivity contribution is 5.80. The molecular formula is C21H30O2. The molecule has 23 heavy (non-hydrogen) atoms. The van der Waals surface area contributed by atoms with Crippen molar-refractivity contribution in [3.05, 3.63) is 23.3 Å². The van der Waals surface area contributed by atoms with E-state index in [1.54, 1.807) is 5.57 Å². The van der Waals surface area contributed by atoms with Crippen LogP contribution in [0.25, 0.3) is 0 Å². The zero-order chi connectivity index (χ0) is 16.2. The molecule has 2 nitrogen and oxygen atoms in total. The Morgan fingerprint density at radius 1 is 1.26 bits per heavy atom. The van der Waals surface area contributed by atoms with Crippen LogP contribution in [0.4, 0.5) is 0 Å². The summed E-state index contributed by atoms with van der Waals surface area (Å²) >= 11 is 0. The quantitative estimate of drug-likeness (QED) is 0.523. The Kier molecular flexibility index (Phi) is 3.52. The van der Waals surface area contributed by atoms with E-state index in [-0.39, 0.29) is 0 Å². The van der Waals surface area contributed by atoms with Crippen molar-refractivity contribution in [1.29, 1.82) is 0 Å². The molecule has 0 bridgehead atoms. The molecule has 3 saturated carbocycles. The first-order valence-electron chi connectivity index (χ1n) is 9.54. The van der Waals surface area contributed by atoms with Crippen LogP contribution < -0.4 is 0 Å². The van der Waals surface area contributed by atoms with Gasteiger partial charge < -0.3 is 5.11 Å². The average molecular weight is 314 g/mol. The van der Waals surface area contributed by atoms with Gasteiger partial charge in [0.1, 0.15) is 0 Å². The predicted molar refractivity (Wildman–Crippen MR) is 92.0 cm³/mol. The molecule has 0 saturated heterocycles. The summed E-state index contributed by atoms with van der Waals surface area (Å²) in [5, 5.41) is 9.13. The molecule has 0 spiro atoms. The van der Waals surface area contributed by atoms with E-state index >= 15 is 0 Å². The summed E-state index contributed by atoms with van der Waals surface area (Å²) in [5.41, 5.74) is 3.74. The largest absolute Gasteiger partial charge is 0.478 e. The van der Waals surface area contributed by atoms with Gasteiger partial charge in [-0.1, -0.05) is 37.5 Å². The molecule has 4 aliphatic carbocycles. The average Bonchev–Trinajstić information content (AvgIpc) is 2.81. The van der Waals surface area contributed by atoms with Crippen LogP contribution in [-0.2, 0) is 4.79 Å². The molecule has 0 aliphatic heterocycles. The van der Waals surface area contributed by atoms with Crippen LogP contribution in [0.2, 0.25) is 0 Å². The van der Waals surface area contributed by atoms with E-state index in [4.69, 9.17) is 5.11 Å². The summed E-state index contributed by atoms with van der Waals surface area (Å²) in [6.07, 6.45) is 15.5. The fourth-order valence-corrected chi connectivity index (χ4v) is 6.87. The topological polar surface area (TPSA) is 37.3 Å². The van der Waals surface area contributed by atoms with Crippen LogP contribution in [0.3, 0.4) is 0 Å². The number of allylic oxidation sites excluding steroid dienone is 3. The summed E-state index contributed by atoms with van der Waals surface area (Å²) in [7, 11) is 0. The van der Waals surface area contributed by atoms with Gasteiger partial charge in [0.25, 0.3) is 0 Å². The van der Waals surface area contributed by atoms with Crippen LogP contribution in [0.5, 0.6) is 0 Å². The van der Waals surface area contributed by atoms with Gasteiger partial charge in [0, 0.05) is 6.08 Å². The first-order valence-corrected chi connectivity index (χ1v) is 9.54. The SMILES string of the molecule is C[C@]12CC[C@H]3[C@@H](CC=C4CCCC[C@@]43C)[C@@H]1CC(=CC(=O)O)C2. The number of carbonyl (C=O) groups is 1. The lowest BCUT2D eigenvalue weighted by molar-refractivity contribution is -0.131. The van der Waals surface area contributed by atoms with Gasteiger partial charge in [-0.25, -0.2) is 4.79 Å². The van der Waals surface area contributed by atoms with Crippen molar-refractivity contribution < 1.29 is 9.90 Å². The number of hydrogen-bond acceptors (Lipinski definition) is 1. The number of carboxylic acids is 1. The maximum absolute atomic E-state index is 11.1. The molecule has 0 aromatic rings. The van der Waals surface area contributed by atoms with E-state index in [9.17, 15) is 4.79 Å². The number of hydrogen-bond donors (Lipinski definition) is 1. The van der Waals surface area contributed by atoms with Crippen molar-refractivity contribution in [2.24, 2.45) is 28.6 Å². The zero-order valence-corrected chi connectivity index (χ0v) is 14.6. The van der Waals surface area contributed by atoms with Crippen molar-refractivity contribution in [1.82, 2.24) is 0 Å². The summed E-state index contributed by atoms with van der Waals surface area (Å²) in [4.78, 5) is 11.1. The van der Waals surface area contributed by atoms with E-state index in [0.29, 0.717) is 16.7 Å². The lowest BCUT2D eigenvalue weighted by Crippen LogP contribution is -2.48. The summed E-state index contributed by atoms with van der Waals surface area (Å²) in [6, 6.07) is 0. The molecular weight excluding hydrogens is 284 g/mol. The van der Waals surface area contributed by atoms with Crippen LogP contribution in [0.15, 0.2) is 23.3 Å². The van der Waals surface area contributed by atoms with Crippen molar-refractivity contribution in [2.45, 2.75) is 71.6 Å². The first kappa shape index (κ1) is 15.5. The van der Waals surface area contributed by atoms with Gasteiger partial charge in [-0.3, -0.25) is 0 Å². The lowest BCUT2D eigenvalue weighted by Gasteiger charge is -2.56. The van der Waals surface area contributed by atoms with Crippen LogP contribution >= 0.6 is 0 Å². The molecule has 5 atom stereocenters. The molecule has 4 aliphatic rings. The van der Waals surface area contributed by atoms with E-state index in [1.807, 2.05) is 0 Å². The Morgan fingerprint density at radius 3 is 2.87 bits per heavy atom. The normalized spacial score (nSPS) is 47.5. The van der Waals surface area contributed by atoms with Gasteiger partial charge in [0.2, 0.25) is 0 Å². The molecule has 0 amide bonds. The van der Waals surface area contributed by atoms with Gasteiger partial charge in [0.05, 0.1) is 0 Å². The van der Waals surface area contributed by atoms with Crippen LogP contribution in [0, 0.1) is 28.6 Å². The molecule has 1 N–H and O–H groups in total. The Hall–Kier alpha value is -1.05. The number of carboxylic acid groups (broad SMARTS) is 1. The first-order chi connectivity index (χ1) is 10.9. The number of aliphatic carboxylic acids is 1.